The van der Waals surface area contributed by atoms with E-state index in [4.69, 9.17) is 9.26 Å². The average Bonchev–Trinajstić information content (AvgIpc) is 3.38. The number of carbonyl (C=O) groups is 1. The molecule has 0 aliphatic rings. The van der Waals surface area contributed by atoms with E-state index in [9.17, 15) is 13.2 Å². The van der Waals surface area contributed by atoms with E-state index in [0.717, 1.165) is 11.3 Å². The van der Waals surface area contributed by atoms with Gasteiger partial charge in [0, 0.05) is 14.0 Å². The second kappa shape index (κ2) is 8.44. The minimum Gasteiger partial charge on any atom is -0.484 e. The number of nitrogens with zero attached hydrogens (tertiary/aromatic N) is 3. The summed E-state index contributed by atoms with van der Waals surface area (Å²) < 4.78 is 37.1. The van der Waals surface area contributed by atoms with E-state index in [1.54, 1.807) is 62.5 Å². The van der Waals surface area contributed by atoms with E-state index in [-0.39, 0.29) is 16.7 Å². The molecule has 30 heavy (non-hydrogen) atoms. The molecule has 0 fully saturated rings. The highest BCUT2D eigenvalue weighted by Gasteiger charge is 2.28. The number of thiophene rings is 1. The van der Waals surface area contributed by atoms with Gasteiger partial charge in [-0.1, -0.05) is 11.2 Å². The molecular weight excluding hydrogens is 428 g/mol. The Labute approximate surface area is 178 Å². The van der Waals surface area contributed by atoms with Crippen molar-refractivity contribution in [2.24, 2.45) is 0 Å². The summed E-state index contributed by atoms with van der Waals surface area (Å²) in [6.45, 7) is 4.97. The molecule has 3 rings (SSSR count). The number of anilines is 1. The second-order valence-electron chi connectivity index (χ2n) is 7.00. The van der Waals surface area contributed by atoms with Gasteiger partial charge in [-0.3, -0.25) is 9.10 Å². The van der Waals surface area contributed by atoms with Crippen LogP contribution in [0.25, 0.3) is 0 Å². The summed E-state index contributed by atoms with van der Waals surface area (Å²) in [5.41, 5.74) is -0.338. The molecule has 3 aromatic rings. The third-order valence-electron chi connectivity index (χ3n) is 4.22. The molecule has 0 atom stereocenters. The fourth-order valence-electron chi connectivity index (χ4n) is 2.58. The molecule has 0 spiro atoms. The number of rotatable bonds is 8. The number of ether oxygens (including phenoxy) is 1. The maximum absolute atomic E-state index is 12.6. The summed E-state index contributed by atoms with van der Waals surface area (Å²) in [7, 11) is -2.12. The van der Waals surface area contributed by atoms with Gasteiger partial charge in [0.15, 0.2) is 12.4 Å². The summed E-state index contributed by atoms with van der Waals surface area (Å²) in [6, 6.07) is 9.70. The van der Waals surface area contributed by atoms with E-state index in [2.05, 4.69) is 15.5 Å². The first-order chi connectivity index (χ1) is 14.1. The molecule has 0 aliphatic heterocycles. The summed E-state index contributed by atoms with van der Waals surface area (Å²) in [5, 5.41) is 8.33. The lowest BCUT2D eigenvalue weighted by molar-refractivity contribution is -0.124. The first-order valence-electron chi connectivity index (χ1n) is 8.97. The van der Waals surface area contributed by atoms with Crippen molar-refractivity contribution >= 4 is 33.0 Å². The third-order valence-corrected chi connectivity index (χ3v) is 7.38. The molecule has 0 saturated heterocycles. The number of aromatic nitrogens is 2. The summed E-state index contributed by atoms with van der Waals surface area (Å²) in [4.78, 5) is 16.4. The minimum absolute atomic E-state index is 0.219. The number of sulfonamides is 1. The fraction of sp³-hybridized carbons (Fsp3) is 0.316. The van der Waals surface area contributed by atoms with Gasteiger partial charge in [0.05, 0.1) is 11.2 Å². The highest BCUT2D eigenvalue weighted by Crippen LogP contribution is 2.26. The van der Waals surface area contributed by atoms with E-state index >= 15 is 0 Å². The molecule has 0 aliphatic carbocycles. The minimum atomic E-state index is -3.60. The molecule has 0 saturated carbocycles. The van der Waals surface area contributed by atoms with Crippen LogP contribution < -0.4 is 14.4 Å². The van der Waals surface area contributed by atoms with Crippen molar-refractivity contribution in [3.05, 3.63) is 53.5 Å². The molecule has 0 unspecified atom stereocenters. The van der Waals surface area contributed by atoms with Crippen molar-refractivity contribution in [3.63, 3.8) is 0 Å². The predicted octanol–water partition coefficient (Wildman–Crippen LogP) is 2.69. The lowest BCUT2D eigenvalue weighted by Gasteiger charge is -2.22. The van der Waals surface area contributed by atoms with Crippen LogP contribution in [-0.2, 0) is 20.4 Å². The molecule has 11 heteroatoms. The van der Waals surface area contributed by atoms with Crippen molar-refractivity contribution in [1.82, 2.24) is 15.5 Å². The van der Waals surface area contributed by atoms with Gasteiger partial charge in [-0.15, -0.1) is 11.3 Å². The van der Waals surface area contributed by atoms with Crippen molar-refractivity contribution in [2.45, 2.75) is 30.5 Å². The van der Waals surface area contributed by atoms with Crippen LogP contribution in [0.15, 0.2) is 50.5 Å². The lowest BCUT2D eigenvalue weighted by atomic mass is 10.1. The Bertz CT molecular complexity index is 1110. The SMILES string of the molecule is Cc1nc(C(C)(C)NC(=O)COc2ccc(N(C)S(=O)(=O)c3cccs3)cc2)no1. The Morgan fingerprint density at radius 2 is 1.97 bits per heavy atom. The van der Waals surface area contributed by atoms with Crippen LogP contribution in [-0.4, -0.2) is 38.1 Å². The summed E-state index contributed by atoms with van der Waals surface area (Å²) >= 11 is 1.16. The quantitative estimate of drug-likeness (QED) is 0.561. The molecule has 2 heterocycles. The van der Waals surface area contributed by atoms with Crippen molar-refractivity contribution < 1.29 is 22.5 Å². The predicted molar refractivity (Wildman–Crippen MR) is 112 cm³/mol. The van der Waals surface area contributed by atoms with E-state index in [1.807, 2.05) is 0 Å². The first-order valence-corrected chi connectivity index (χ1v) is 11.3. The van der Waals surface area contributed by atoms with Crippen LogP contribution >= 0.6 is 11.3 Å². The van der Waals surface area contributed by atoms with Crippen LogP contribution in [0.2, 0.25) is 0 Å². The lowest BCUT2D eigenvalue weighted by Crippen LogP contribution is -2.44. The number of hydrogen-bond acceptors (Lipinski definition) is 8. The third kappa shape index (κ3) is 4.79. The molecule has 0 bridgehead atoms. The molecule has 160 valence electrons. The van der Waals surface area contributed by atoms with Crippen molar-refractivity contribution in [2.75, 3.05) is 18.0 Å². The molecule has 1 aromatic carbocycles. The van der Waals surface area contributed by atoms with Gasteiger partial charge in [-0.25, -0.2) is 8.42 Å². The van der Waals surface area contributed by atoms with Gasteiger partial charge in [-0.2, -0.15) is 4.98 Å². The van der Waals surface area contributed by atoms with Crippen LogP contribution in [0.3, 0.4) is 0 Å². The van der Waals surface area contributed by atoms with Gasteiger partial charge in [-0.05, 0) is 49.6 Å². The van der Waals surface area contributed by atoms with E-state index in [1.165, 1.54) is 11.4 Å². The number of aryl methyl sites for hydroxylation is 1. The highest BCUT2D eigenvalue weighted by atomic mass is 32.2. The Kier molecular flexibility index (Phi) is 6.13. The monoisotopic (exact) mass is 450 g/mol. The Hall–Kier alpha value is -2.92. The van der Waals surface area contributed by atoms with Gasteiger partial charge in [0.25, 0.3) is 15.9 Å². The maximum Gasteiger partial charge on any atom is 0.273 e. The summed E-state index contributed by atoms with van der Waals surface area (Å²) in [5.74, 6) is 0.857. The number of hydrogen-bond donors (Lipinski definition) is 1. The highest BCUT2D eigenvalue weighted by molar-refractivity contribution is 7.94. The molecule has 1 N–H and O–H groups in total. The second-order valence-corrected chi connectivity index (χ2v) is 10.1. The normalized spacial score (nSPS) is 11.9. The smallest absolute Gasteiger partial charge is 0.273 e. The van der Waals surface area contributed by atoms with Crippen LogP contribution in [0.1, 0.15) is 25.6 Å². The zero-order valence-corrected chi connectivity index (χ0v) is 18.6. The maximum atomic E-state index is 12.6. The van der Waals surface area contributed by atoms with Crippen molar-refractivity contribution in [3.8, 4) is 5.75 Å². The van der Waals surface area contributed by atoms with Crippen LogP contribution in [0, 0.1) is 6.92 Å². The van der Waals surface area contributed by atoms with E-state index < -0.39 is 15.6 Å². The van der Waals surface area contributed by atoms with Gasteiger partial charge >= 0.3 is 0 Å². The first kappa shape index (κ1) is 21.8. The molecule has 2 aromatic heterocycles. The Morgan fingerprint density at radius 3 is 2.53 bits per heavy atom. The molecule has 9 nitrogen and oxygen atoms in total. The summed E-state index contributed by atoms with van der Waals surface area (Å²) in [6.07, 6.45) is 0. The van der Waals surface area contributed by atoms with Crippen molar-refractivity contribution in [1.29, 1.82) is 0 Å². The number of carbonyl (C=O) groups excluding carboxylic acids is 1. The van der Waals surface area contributed by atoms with E-state index in [0.29, 0.717) is 23.2 Å². The zero-order valence-electron chi connectivity index (χ0n) is 16.9. The zero-order chi connectivity index (χ0) is 21.9. The van der Waals surface area contributed by atoms with Gasteiger partial charge in [0.1, 0.15) is 9.96 Å². The fourth-order valence-corrected chi connectivity index (χ4v) is 4.94. The van der Waals surface area contributed by atoms with Gasteiger partial charge < -0.3 is 14.6 Å². The Balaban J connectivity index is 1.59. The topological polar surface area (TPSA) is 115 Å². The number of benzene rings is 1. The van der Waals surface area contributed by atoms with Crippen LogP contribution in [0.5, 0.6) is 5.75 Å². The van der Waals surface area contributed by atoms with Gasteiger partial charge in [0.2, 0.25) is 5.89 Å². The number of nitrogens with one attached hydrogen (secondary N) is 1. The molecule has 0 radical (unpaired) electrons. The largest absolute Gasteiger partial charge is 0.484 e. The standard InChI is InChI=1S/C19H22N4O5S2/c1-13-20-18(22-28-13)19(2,3)21-16(24)12-27-15-9-7-14(8-10-15)23(4)30(25,26)17-6-5-11-29-17/h5-11H,12H2,1-4H3,(H,21,24). The van der Waals surface area contributed by atoms with Crippen LogP contribution in [0.4, 0.5) is 5.69 Å². The average molecular weight is 451 g/mol. The Morgan fingerprint density at radius 1 is 1.27 bits per heavy atom. The molecular formula is C19H22N4O5S2. The molecule has 1 amide bonds. The number of amides is 1.